The van der Waals surface area contributed by atoms with E-state index in [0.29, 0.717) is 19.3 Å². The zero-order valence-corrected chi connectivity index (χ0v) is 53.4. The molecule has 0 saturated carbocycles. The first kappa shape index (κ1) is 76.6. The first-order valence-corrected chi connectivity index (χ1v) is 35.5. The van der Waals surface area contributed by atoms with Gasteiger partial charge in [0.2, 0.25) is 0 Å². The van der Waals surface area contributed by atoms with Crippen LogP contribution in [0, 0.1) is 0 Å². The fourth-order valence-corrected chi connectivity index (χ4v) is 10.9. The Kier molecular flexibility index (Phi) is 66.1. The number of carbonyl (C=O) groups excluding carboxylic acids is 3. The van der Waals surface area contributed by atoms with Gasteiger partial charge < -0.3 is 14.2 Å². The molecule has 464 valence electrons. The number of rotatable bonds is 66. The minimum Gasteiger partial charge on any atom is -0.462 e. The summed E-state index contributed by atoms with van der Waals surface area (Å²) in [5.74, 6) is -0.847. The molecular weight excluding hydrogens is 973 g/mol. The zero-order valence-electron chi connectivity index (χ0n) is 53.4. The van der Waals surface area contributed by atoms with E-state index in [1.165, 1.54) is 270 Å². The van der Waals surface area contributed by atoms with Gasteiger partial charge in [-0.15, -0.1) is 0 Å². The number of carbonyl (C=O) groups is 3. The summed E-state index contributed by atoms with van der Waals surface area (Å²) in [5.41, 5.74) is 0. The molecule has 0 aliphatic heterocycles. The van der Waals surface area contributed by atoms with Crippen LogP contribution in [-0.2, 0) is 28.6 Å². The van der Waals surface area contributed by atoms with Crippen LogP contribution in [0.5, 0.6) is 0 Å². The Labute approximate surface area is 493 Å². The van der Waals surface area contributed by atoms with E-state index >= 15 is 0 Å². The molecule has 0 rings (SSSR count). The third-order valence-corrected chi connectivity index (χ3v) is 16.2. The van der Waals surface area contributed by atoms with Crippen molar-refractivity contribution in [1.82, 2.24) is 0 Å². The van der Waals surface area contributed by atoms with Crippen LogP contribution < -0.4 is 0 Å². The Morgan fingerprint density at radius 3 is 0.772 bits per heavy atom. The number of allylic oxidation sites excluding steroid dienone is 6. The summed E-state index contributed by atoms with van der Waals surface area (Å²) in [6.07, 6.45) is 84.6. The molecule has 0 spiro atoms. The number of unbranched alkanes of at least 4 members (excludes halogenated alkanes) is 49. The lowest BCUT2D eigenvalue weighted by Crippen LogP contribution is -2.30. The van der Waals surface area contributed by atoms with Gasteiger partial charge in [0.15, 0.2) is 6.10 Å². The van der Waals surface area contributed by atoms with E-state index in [2.05, 4.69) is 57.2 Å². The maximum atomic E-state index is 13.0. The molecule has 79 heavy (non-hydrogen) atoms. The molecule has 0 aliphatic rings. The van der Waals surface area contributed by atoms with Crippen molar-refractivity contribution in [1.29, 1.82) is 0 Å². The van der Waals surface area contributed by atoms with Crippen LogP contribution in [0.2, 0.25) is 0 Å². The quantitative estimate of drug-likeness (QED) is 0.0261. The molecule has 0 radical (unpaired) electrons. The van der Waals surface area contributed by atoms with Crippen LogP contribution in [0.3, 0.4) is 0 Å². The molecular formula is C73H136O6. The van der Waals surface area contributed by atoms with Gasteiger partial charge in [0.05, 0.1) is 0 Å². The predicted octanol–water partition coefficient (Wildman–Crippen LogP) is 24.3. The molecule has 0 fully saturated rings. The monoisotopic (exact) mass is 1110 g/mol. The summed E-state index contributed by atoms with van der Waals surface area (Å²) in [6.45, 7) is 6.61. The Morgan fingerprint density at radius 1 is 0.266 bits per heavy atom. The van der Waals surface area contributed by atoms with Crippen LogP contribution in [-0.4, -0.2) is 37.2 Å². The second-order valence-electron chi connectivity index (χ2n) is 24.1. The van der Waals surface area contributed by atoms with Gasteiger partial charge in [-0.1, -0.05) is 359 Å². The van der Waals surface area contributed by atoms with Crippen molar-refractivity contribution in [3.8, 4) is 0 Å². The van der Waals surface area contributed by atoms with E-state index in [4.69, 9.17) is 14.2 Å². The number of hydrogen-bond acceptors (Lipinski definition) is 6. The Hall–Kier alpha value is -2.37. The average Bonchev–Trinajstić information content (AvgIpc) is 3.45. The van der Waals surface area contributed by atoms with Crippen molar-refractivity contribution < 1.29 is 28.6 Å². The third-order valence-electron chi connectivity index (χ3n) is 16.2. The molecule has 0 aliphatic carbocycles. The number of esters is 3. The van der Waals surface area contributed by atoms with Crippen LogP contribution >= 0.6 is 0 Å². The third kappa shape index (κ3) is 66.3. The number of ether oxygens (including phenoxy) is 3. The smallest absolute Gasteiger partial charge is 0.306 e. The normalized spacial score (nSPS) is 12.2. The van der Waals surface area contributed by atoms with Crippen molar-refractivity contribution in [3.63, 3.8) is 0 Å². The van der Waals surface area contributed by atoms with Gasteiger partial charge in [0, 0.05) is 19.3 Å². The fourth-order valence-electron chi connectivity index (χ4n) is 10.9. The van der Waals surface area contributed by atoms with Gasteiger partial charge in [0.1, 0.15) is 13.2 Å². The van der Waals surface area contributed by atoms with Crippen LogP contribution in [0.4, 0.5) is 0 Å². The van der Waals surface area contributed by atoms with E-state index in [9.17, 15) is 14.4 Å². The molecule has 0 bridgehead atoms. The second kappa shape index (κ2) is 68.1. The first-order chi connectivity index (χ1) is 39.0. The van der Waals surface area contributed by atoms with Gasteiger partial charge in [0.25, 0.3) is 0 Å². The molecule has 0 amide bonds. The Balaban J connectivity index is 4.29. The molecule has 0 saturated heterocycles. The first-order valence-electron chi connectivity index (χ1n) is 35.5. The highest BCUT2D eigenvalue weighted by Gasteiger charge is 2.19. The summed E-state index contributed by atoms with van der Waals surface area (Å²) in [7, 11) is 0. The average molecular weight is 1110 g/mol. The minimum atomic E-state index is -0.774. The molecule has 0 aromatic heterocycles. The largest absolute Gasteiger partial charge is 0.462 e. The highest BCUT2D eigenvalue weighted by atomic mass is 16.6. The summed E-state index contributed by atoms with van der Waals surface area (Å²) >= 11 is 0. The molecule has 0 aromatic carbocycles. The summed E-state index contributed by atoms with van der Waals surface area (Å²) in [4.78, 5) is 38.5. The topological polar surface area (TPSA) is 78.9 Å². The van der Waals surface area contributed by atoms with Gasteiger partial charge in [-0.2, -0.15) is 0 Å². The van der Waals surface area contributed by atoms with Crippen molar-refractivity contribution in [2.75, 3.05) is 13.2 Å². The van der Waals surface area contributed by atoms with E-state index in [-0.39, 0.29) is 31.1 Å². The van der Waals surface area contributed by atoms with Crippen molar-refractivity contribution in [3.05, 3.63) is 36.5 Å². The van der Waals surface area contributed by atoms with Crippen LogP contribution in [0.1, 0.15) is 393 Å². The fraction of sp³-hybridized carbons (Fsp3) is 0.877. The van der Waals surface area contributed by atoms with E-state index in [1.54, 1.807) is 0 Å². The van der Waals surface area contributed by atoms with Gasteiger partial charge in [-0.05, 0) is 51.4 Å². The highest BCUT2D eigenvalue weighted by Crippen LogP contribution is 2.19. The predicted molar refractivity (Wildman–Crippen MR) is 344 cm³/mol. The lowest BCUT2D eigenvalue weighted by atomic mass is 10.0. The molecule has 1 atom stereocenters. The van der Waals surface area contributed by atoms with Crippen LogP contribution in [0.15, 0.2) is 36.5 Å². The maximum absolute atomic E-state index is 13.0. The molecule has 0 N–H and O–H groups in total. The summed E-state index contributed by atoms with van der Waals surface area (Å²) in [6, 6.07) is 0. The zero-order chi connectivity index (χ0) is 57.1. The molecule has 6 nitrogen and oxygen atoms in total. The van der Waals surface area contributed by atoms with Crippen molar-refractivity contribution in [2.45, 2.75) is 399 Å². The standard InChI is InChI=1S/C73H136O6/c1-4-7-10-13-16-19-22-25-28-31-33-35-37-39-42-45-48-51-54-57-60-63-66-72(75)78-69-70(68-77-71(74)65-62-59-56-53-50-47-44-41-30-27-24-21-18-15-12-9-6-3)79-73(76)67-64-61-58-55-52-49-46-43-40-38-36-34-32-29-26-23-20-17-14-11-8-5-2/h9,12,18,21,27,30,70H,4-8,10-11,13-17,19-20,22-26,28-29,31-69H2,1-3H3/b12-9-,21-18-,30-27-. The van der Waals surface area contributed by atoms with E-state index in [1.807, 2.05) is 0 Å². The molecule has 0 aromatic rings. The number of hydrogen-bond donors (Lipinski definition) is 0. The highest BCUT2D eigenvalue weighted by molar-refractivity contribution is 5.71. The van der Waals surface area contributed by atoms with Crippen molar-refractivity contribution >= 4 is 17.9 Å². The lowest BCUT2D eigenvalue weighted by molar-refractivity contribution is -0.167. The maximum Gasteiger partial charge on any atom is 0.306 e. The second-order valence-corrected chi connectivity index (χ2v) is 24.1. The van der Waals surface area contributed by atoms with Crippen LogP contribution in [0.25, 0.3) is 0 Å². The molecule has 6 heteroatoms. The Morgan fingerprint density at radius 2 is 0.494 bits per heavy atom. The molecule has 0 heterocycles. The van der Waals surface area contributed by atoms with E-state index < -0.39 is 6.10 Å². The lowest BCUT2D eigenvalue weighted by Gasteiger charge is -2.18. The van der Waals surface area contributed by atoms with Gasteiger partial charge in [-0.3, -0.25) is 14.4 Å². The SMILES string of the molecule is CC/C=C\C/C=C\C/C=C\CCCCCCCCCC(=O)OCC(COC(=O)CCCCCCCCCCCCCCCCCCCCCCCC)OC(=O)CCCCCCCCCCCCCCCCCCCCCCCC. The van der Waals surface area contributed by atoms with Gasteiger partial charge >= 0.3 is 17.9 Å². The summed E-state index contributed by atoms with van der Waals surface area (Å²) in [5, 5.41) is 0. The van der Waals surface area contributed by atoms with Gasteiger partial charge in [-0.25, -0.2) is 0 Å². The van der Waals surface area contributed by atoms with E-state index in [0.717, 1.165) is 83.5 Å². The Bertz CT molecular complexity index is 1320. The molecule has 1 unspecified atom stereocenters. The summed E-state index contributed by atoms with van der Waals surface area (Å²) < 4.78 is 17.0. The van der Waals surface area contributed by atoms with Crippen molar-refractivity contribution in [2.24, 2.45) is 0 Å². The minimum absolute atomic E-state index is 0.0691.